The summed E-state index contributed by atoms with van der Waals surface area (Å²) in [5.74, 6) is 0.685. The fourth-order valence-electron chi connectivity index (χ4n) is 3.05. The van der Waals surface area contributed by atoms with Crippen LogP contribution in [0, 0.1) is 5.82 Å². The average molecular weight is 330 g/mol. The Kier molecular flexibility index (Phi) is 5.05. The molecule has 1 aromatic heterocycles. The number of piperazine rings is 1. The van der Waals surface area contributed by atoms with Gasteiger partial charge in [-0.2, -0.15) is 0 Å². The number of hydrogen-bond acceptors (Lipinski definition) is 2. The summed E-state index contributed by atoms with van der Waals surface area (Å²) >= 11 is 0. The third-order valence-corrected chi connectivity index (χ3v) is 4.54. The predicted octanol–water partition coefficient (Wildman–Crippen LogP) is 0.372. The number of nitrogens with zero attached hydrogens (tertiary/aromatic N) is 1. The number of carbonyl (C=O) groups is 1. The van der Waals surface area contributed by atoms with Gasteiger partial charge in [0.15, 0.2) is 6.04 Å². The molecule has 1 saturated heterocycles. The van der Waals surface area contributed by atoms with E-state index in [0.29, 0.717) is 5.69 Å². The second-order valence-electron chi connectivity index (χ2n) is 6.11. The van der Waals surface area contributed by atoms with Gasteiger partial charge in [0.25, 0.3) is 11.7 Å². The van der Waals surface area contributed by atoms with Crippen molar-refractivity contribution in [2.24, 2.45) is 0 Å². The van der Waals surface area contributed by atoms with E-state index in [0.717, 1.165) is 32.0 Å². The van der Waals surface area contributed by atoms with E-state index < -0.39 is 0 Å². The topological polar surface area (TPSA) is 50.9 Å². The van der Waals surface area contributed by atoms with Gasteiger partial charge in [0.1, 0.15) is 32.0 Å². The van der Waals surface area contributed by atoms with E-state index >= 15 is 0 Å². The maximum absolute atomic E-state index is 13.2. The van der Waals surface area contributed by atoms with E-state index in [1.165, 1.54) is 17.0 Å². The van der Waals surface area contributed by atoms with Gasteiger partial charge in [0.05, 0.1) is 6.20 Å². The minimum atomic E-state index is -0.347. The molecule has 2 heterocycles. The third-order valence-electron chi connectivity index (χ3n) is 4.54. The highest BCUT2D eigenvalue weighted by Gasteiger charge is 2.32. The van der Waals surface area contributed by atoms with Gasteiger partial charge in [0.2, 0.25) is 0 Å². The van der Waals surface area contributed by atoms with E-state index in [9.17, 15) is 9.18 Å². The van der Waals surface area contributed by atoms with Crippen LogP contribution in [0.15, 0.2) is 48.7 Å². The number of aromatic amines is 1. The molecule has 126 valence electrons. The molecule has 0 saturated carbocycles. The minimum absolute atomic E-state index is 0.0738. The summed E-state index contributed by atoms with van der Waals surface area (Å²) in [5.41, 5.74) is 0.503. The molecule has 1 aliphatic heterocycles. The highest BCUT2D eigenvalue weighted by atomic mass is 19.1. The summed E-state index contributed by atoms with van der Waals surface area (Å²) in [7, 11) is 0. The number of amides is 1. The van der Waals surface area contributed by atoms with Crippen molar-refractivity contribution < 1.29 is 19.1 Å². The molecule has 1 atom stereocenters. The number of H-pyrrole nitrogens is 1. The zero-order valence-electron chi connectivity index (χ0n) is 13.8. The predicted molar refractivity (Wildman–Crippen MR) is 90.4 cm³/mol. The van der Waals surface area contributed by atoms with Crippen LogP contribution >= 0.6 is 0 Å². The van der Waals surface area contributed by atoms with Crippen molar-refractivity contribution >= 4 is 17.4 Å². The van der Waals surface area contributed by atoms with E-state index in [-0.39, 0.29) is 17.8 Å². The zero-order valence-corrected chi connectivity index (χ0v) is 13.8. The third kappa shape index (κ3) is 3.89. The summed E-state index contributed by atoms with van der Waals surface area (Å²) in [6.45, 7) is 5.50. The molecule has 3 N–H and O–H groups in total. The molecule has 24 heavy (non-hydrogen) atoms. The van der Waals surface area contributed by atoms with Gasteiger partial charge >= 0.3 is 0 Å². The Balaban J connectivity index is 1.55. The van der Waals surface area contributed by atoms with Gasteiger partial charge in [-0.15, -0.1) is 0 Å². The average Bonchev–Trinajstić information content (AvgIpc) is 2.62. The first-order valence-electron chi connectivity index (χ1n) is 8.26. The molecule has 0 spiro atoms. The highest BCUT2D eigenvalue weighted by molar-refractivity contribution is 5.93. The second-order valence-corrected chi connectivity index (χ2v) is 6.11. The lowest BCUT2D eigenvalue weighted by atomic mass is 10.2. The van der Waals surface area contributed by atoms with Crippen molar-refractivity contribution in [3.8, 4) is 0 Å². The van der Waals surface area contributed by atoms with Gasteiger partial charge in [-0.3, -0.25) is 9.69 Å². The summed E-state index contributed by atoms with van der Waals surface area (Å²) in [4.78, 5) is 19.2. The summed E-state index contributed by atoms with van der Waals surface area (Å²) in [6.07, 6.45) is 1.92. The summed E-state index contributed by atoms with van der Waals surface area (Å²) < 4.78 is 13.2. The van der Waals surface area contributed by atoms with Crippen LogP contribution in [0.4, 0.5) is 15.9 Å². The number of carbonyl (C=O) groups excluding carboxylic acids is 1. The smallest absolute Gasteiger partial charge is 0.282 e. The number of anilines is 2. The number of rotatable bonds is 4. The van der Waals surface area contributed by atoms with Gasteiger partial charge in [-0.1, -0.05) is 12.1 Å². The number of nitrogens with one attached hydrogen (secondary N) is 3. The fourth-order valence-corrected chi connectivity index (χ4v) is 3.05. The van der Waals surface area contributed by atoms with Gasteiger partial charge < -0.3 is 10.2 Å². The monoisotopic (exact) mass is 330 g/mol. The lowest BCUT2D eigenvalue weighted by Gasteiger charge is -2.31. The van der Waals surface area contributed by atoms with Gasteiger partial charge in [0, 0.05) is 11.8 Å². The quantitative estimate of drug-likeness (QED) is 0.851. The van der Waals surface area contributed by atoms with Crippen LogP contribution in [0.2, 0.25) is 0 Å². The van der Waals surface area contributed by atoms with Gasteiger partial charge in [-0.05, 0) is 31.2 Å². The maximum atomic E-state index is 13.2. The van der Waals surface area contributed by atoms with Crippen molar-refractivity contribution in [1.82, 2.24) is 0 Å². The Bertz CT molecular complexity index is 686. The van der Waals surface area contributed by atoms with Crippen molar-refractivity contribution in [2.45, 2.75) is 13.0 Å². The molecular formula is C18H23FN4O+2. The Morgan fingerprint density at radius 3 is 2.71 bits per heavy atom. The number of aromatic nitrogens is 1. The van der Waals surface area contributed by atoms with Crippen molar-refractivity contribution in [2.75, 3.05) is 36.4 Å². The lowest BCUT2D eigenvalue weighted by molar-refractivity contribution is -0.914. The van der Waals surface area contributed by atoms with Crippen LogP contribution in [-0.4, -0.2) is 38.1 Å². The first kappa shape index (κ1) is 16.4. The Hall–Kier alpha value is -2.47. The number of pyridine rings is 1. The largest absolute Gasteiger partial charge is 0.321 e. The van der Waals surface area contributed by atoms with E-state index in [1.807, 2.05) is 25.3 Å². The molecule has 0 radical (unpaired) electrons. The molecule has 2 aromatic rings. The Morgan fingerprint density at radius 1 is 1.25 bits per heavy atom. The molecule has 1 aromatic carbocycles. The molecule has 1 amide bonds. The molecule has 0 unspecified atom stereocenters. The van der Waals surface area contributed by atoms with Crippen LogP contribution in [-0.2, 0) is 4.79 Å². The second kappa shape index (κ2) is 7.40. The van der Waals surface area contributed by atoms with Crippen molar-refractivity contribution in [3.63, 3.8) is 0 Å². The molecule has 5 nitrogen and oxygen atoms in total. The van der Waals surface area contributed by atoms with Crippen molar-refractivity contribution in [3.05, 3.63) is 54.5 Å². The molecule has 6 heteroatoms. The van der Waals surface area contributed by atoms with E-state index in [2.05, 4.69) is 21.3 Å². The first-order chi connectivity index (χ1) is 11.6. The molecular weight excluding hydrogens is 307 g/mol. The van der Waals surface area contributed by atoms with Crippen molar-refractivity contribution in [1.29, 1.82) is 0 Å². The fraction of sp³-hybridized carbons (Fsp3) is 0.333. The normalized spacial score (nSPS) is 16.7. The highest BCUT2D eigenvalue weighted by Crippen LogP contribution is 2.09. The lowest BCUT2D eigenvalue weighted by Crippen LogP contribution is -3.19. The van der Waals surface area contributed by atoms with Crippen LogP contribution in [0.5, 0.6) is 0 Å². The molecule has 0 aliphatic carbocycles. The number of halogens is 1. The number of hydrogen-bond donors (Lipinski definition) is 2. The molecule has 3 rings (SSSR count). The zero-order chi connectivity index (χ0) is 16.9. The Labute approximate surface area is 141 Å². The summed E-state index contributed by atoms with van der Waals surface area (Å²) in [6, 6.07) is 11.9. The SMILES string of the molecule is C[C@@H](C(=O)Nc1cccc(F)c1)[NH+]1CCN(c2cccc[nH+]2)CC1. The van der Waals surface area contributed by atoms with Crippen LogP contribution in [0.3, 0.4) is 0 Å². The summed E-state index contributed by atoms with van der Waals surface area (Å²) in [5, 5.41) is 2.80. The molecule has 1 fully saturated rings. The molecule has 1 aliphatic rings. The van der Waals surface area contributed by atoms with Crippen LogP contribution in [0.25, 0.3) is 0 Å². The Morgan fingerprint density at radius 2 is 2.04 bits per heavy atom. The number of quaternary nitrogens is 1. The van der Waals surface area contributed by atoms with E-state index in [1.54, 1.807) is 12.1 Å². The standard InChI is InChI=1S/C18H21FN4O/c1-14(18(24)21-16-6-4-5-15(19)13-16)22-9-11-23(12-10-22)17-7-2-3-8-20-17/h2-8,13-14H,9-12H2,1H3,(H,21,24)/p+2/t14-/m0/s1. The molecule has 0 bridgehead atoms. The van der Waals surface area contributed by atoms with Crippen LogP contribution < -0.4 is 20.1 Å². The first-order valence-corrected chi connectivity index (χ1v) is 8.26. The van der Waals surface area contributed by atoms with Crippen LogP contribution in [0.1, 0.15) is 6.92 Å². The minimum Gasteiger partial charge on any atom is -0.321 e. The van der Waals surface area contributed by atoms with Gasteiger partial charge in [-0.25, -0.2) is 9.37 Å². The van der Waals surface area contributed by atoms with E-state index in [4.69, 9.17) is 0 Å². The number of benzene rings is 1. The maximum Gasteiger partial charge on any atom is 0.282 e.